The van der Waals surface area contributed by atoms with Crippen molar-refractivity contribution in [2.24, 2.45) is 0 Å². The van der Waals surface area contributed by atoms with Crippen LogP contribution in [0.3, 0.4) is 0 Å². The molecule has 0 aliphatic rings. The van der Waals surface area contributed by atoms with Crippen LogP contribution in [0.2, 0.25) is 0 Å². The van der Waals surface area contributed by atoms with Crippen molar-refractivity contribution in [2.45, 2.75) is 6.92 Å². The van der Waals surface area contributed by atoms with Crippen LogP contribution in [0, 0.1) is 0 Å². The lowest BCUT2D eigenvalue weighted by Gasteiger charge is -2.02. The molecule has 0 aliphatic heterocycles. The lowest BCUT2D eigenvalue weighted by molar-refractivity contribution is -0.114. The summed E-state index contributed by atoms with van der Waals surface area (Å²) in [5, 5.41) is 8.84. The van der Waals surface area contributed by atoms with Crippen molar-refractivity contribution < 1.29 is 14.0 Å². The predicted molar refractivity (Wildman–Crippen MR) is 116 cm³/mol. The first kappa shape index (κ1) is 18.6. The molecule has 2 N–H and O–H groups in total. The summed E-state index contributed by atoms with van der Waals surface area (Å²) in [6.45, 7) is 1.46. The van der Waals surface area contributed by atoms with E-state index in [9.17, 15) is 9.59 Å². The molecule has 4 aromatic rings. The topological polar surface area (TPSA) is 84.2 Å². The average Bonchev–Trinajstić information content (AvgIpc) is 3.33. The van der Waals surface area contributed by atoms with Gasteiger partial charge in [0.1, 0.15) is 11.3 Å². The van der Waals surface area contributed by atoms with Gasteiger partial charge in [0.25, 0.3) is 0 Å². The molecule has 2 amide bonds. The number of carbonyl (C=O) groups is 2. The molecule has 29 heavy (non-hydrogen) atoms. The molecule has 0 aliphatic carbocycles. The third kappa shape index (κ3) is 4.59. The number of nitrogens with zero attached hydrogens (tertiary/aromatic N) is 1. The summed E-state index contributed by atoms with van der Waals surface area (Å²) in [6.07, 6.45) is 3.05. The molecule has 4 rings (SSSR count). The minimum Gasteiger partial charge on any atom is -0.457 e. The minimum absolute atomic E-state index is 0.118. The summed E-state index contributed by atoms with van der Waals surface area (Å²) < 4.78 is 5.66. The number of anilines is 2. The maximum Gasteiger partial charge on any atom is 0.250 e. The molecule has 0 atom stereocenters. The smallest absolute Gasteiger partial charge is 0.250 e. The highest BCUT2D eigenvalue weighted by molar-refractivity contribution is 7.14. The van der Waals surface area contributed by atoms with Gasteiger partial charge in [0.05, 0.1) is 5.69 Å². The summed E-state index contributed by atoms with van der Waals surface area (Å²) in [4.78, 5) is 27.7. The molecule has 0 saturated heterocycles. The van der Waals surface area contributed by atoms with Gasteiger partial charge >= 0.3 is 0 Å². The molecular weight excluding hydrogens is 386 g/mol. The number of benzene rings is 2. The Labute approximate surface area is 170 Å². The Morgan fingerprint density at radius 2 is 1.86 bits per heavy atom. The molecule has 2 aromatic carbocycles. The first-order chi connectivity index (χ1) is 14.1. The van der Waals surface area contributed by atoms with E-state index in [1.54, 1.807) is 6.08 Å². The minimum atomic E-state index is -0.285. The van der Waals surface area contributed by atoms with Gasteiger partial charge in [0.2, 0.25) is 11.8 Å². The predicted octanol–water partition coefficient (Wildman–Crippen LogP) is 5.17. The Balaban J connectivity index is 1.40. The Bertz CT molecular complexity index is 1170. The molecule has 144 valence electrons. The van der Waals surface area contributed by atoms with E-state index < -0.39 is 0 Å². The van der Waals surface area contributed by atoms with Crippen molar-refractivity contribution in [2.75, 3.05) is 10.6 Å². The van der Waals surface area contributed by atoms with Crippen molar-refractivity contribution in [1.29, 1.82) is 0 Å². The maximum atomic E-state index is 12.2. The van der Waals surface area contributed by atoms with Crippen LogP contribution in [-0.4, -0.2) is 16.8 Å². The summed E-state index contributed by atoms with van der Waals surface area (Å²) in [5.74, 6) is 0.208. The van der Waals surface area contributed by atoms with Gasteiger partial charge < -0.3 is 9.73 Å². The summed E-state index contributed by atoms with van der Waals surface area (Å²) in [6, 6.07) is 16.9. The monoisotopic (exact) mass is 403 g/mol. The highest BCUT2D eigenvalue weighted by Crippen LogP contribution is 2.26. The molecule has 2 aromatic heterocycles. The summed E-state index contributed by atoms with van der Waals surface area (Å²) in [5.41, 5.74) is 3.15. The SMILES string of the molecule is CC(=O)Nc1ccc(-c2csc(NC(=O)/C=C/c3cc4ccccc4o3)n2)cc1. The number of rotatable bonds is 5. The first-order valence-corrected chi connectivity index (χ1v) is 9.76. The second kappa shape index (κ2) is 8.12. The summed E-state index contributed by atoms with van der Waals surface area (Å²) in [7, 11) is 0. The van der Waals surface area contributed by atoms with Crippen molar-refractivity contribution in [3.63, 3.8) is 0 Å². The van der Waals surface area contributed by atoms with Crippen LogP contribution in [0.4, 0.5) is 10.8 Å². The number of amides is 2. The second-order valence-electron chi connectivity index (χ2n) is 6.31. The van der Waals surface area contributed by atoms with Crippen LogP contribution in [-0.2, 0) is 9.59 Å². The van der Waals surface area contributed by atoms with Gasteiger partial charge in [-0.05, 0) is 30.3 Å². The highest BCUT2D eigenvalue weighted by Gasteiger charge is 2.07. The van der Waals surface area contributed by atoms with Crippen LogP contribution in [0.15, 0.2) is 70.5 Å². The molecule has 0 bridgehead atoms. The normalized spacial score (nSPS) is 11.1. The zero-order valence-electron chi connectivity index (χ0n) is 15.5. The van der Waals surface area contributed by atoms with Crippen LogP contribution in [0.5, 0.6) is 0 Å². The van der Waals surface area contributed by atoms with Crippen LogP contribution in [0.25, 0.3) is 28.3 Å². The number of nitrogens with one attached hydrogen (secondary N) is 2. The van der Waals surface area contributed by atoms with E-state index in [0.717, 1.165) is 27.9 Å². The van der Waals surface area contributed by atoms with Gasteiger partial charge in [-0.15, -0.1) is 11.3 Å². The number of para-hydroxylation sites is 1. The van der Waals surface area contributed by atoms with E-state index in [2.05, 4.69) is 15.6 Å². The van der Waals surface area contributed by atoms with Gasteiger partial charge in [0, 0.05) is 35.0 Å². The second-order valence-corrected chi connectivity index (χ2v) is 7.16. The molecule has 7 heteroatoms. The molecule has 0 unspecified atom stereocenters. The number of carbonyl (C=O) groups excluding carboxylic acids is 2. The quantitative estimate of drug-likeness (QED) is 0.451. The largest absolute Gasteiger partial charge is 0.457 e. The van der Waals surface area contributed by atoms with E-state index in [-0.39, 0.29) is 11.8 Å². The summed E-state index contributed by atoms with van der Waals surface area (Å²) >= 11 is 1.34. The third-order valence-corrected chi connectivity index (χ3v) is 4.84. The zero-order valence-corrected chi connectivity index (χ0v) is 16.3. The fraction of sp³-hybridized carbons (Fsp3) is 0.0455. The van der Waals surface area contributed by atoms with Gasteiger partial charge in [-0.2, -0.15) is 0 Å². The fourth-order valence-electron chi connectivity index (χ4n) is 2.78. The number of thiazole rings is 1. The van der Waals surface area contributed by atoms with Crippen LogP contribution >= 0.6 is 11.3 Å². The van der Waals surface area contributed by atoms with E-state index >= 15 is 0 Å². The van der Waals surface area contributed by atoms with E-state index in [0.29, 0.717) is 10.9 Å². The van der Waals surface area contributed by atoms with Gasteiger partial charge in [-0.1, -0.05) is 30.3 Å². The maximum absolute atomic E-state index is 12.2. The lowest BCUT2D eigenvalue weighted by Crippen LogP contribution is -2.07. The Morgan fingerprint density at radius 3 is 2.62 bits per heavy atom. The Morgan fingerprint density at radius 1 is 1.07 bits per heavy atom. The fourth-order valence-corrected chi connectivity index (χ4v) is 3.50. The first-order valence-electron chi connectivity index (χ1n) is 8.88. The molecule has 6 nitrogen and oxygen atoms in total. The number of aromatic nitrogens is 1. The molecule has 0 radical (unpaired) electrons. The molecule has 0 fully saturated rings. The average molecular weight is 403 g/mol. The number of furan rings is 1. The molecule has 0 saturated carbocycles. The molecule has 0 spiro atoms. The standard InChI is InChI=1S/C22H17N3O3S/c1-14(26)23-17-8-6-15(7-9-17)19-13-29-22(24-19)25-21(27)11-10-18-12-16-4-2-3-5-20(16)28-18/h2-13H,1H3,(H,23,26)(H,24,25,27)/b11-10+. The zero-order chi connectivity index (χ0) is 20.2. The van der Waals surface area contributed by atoms with E-state index in [4.69, 9.17) is 4.42 Å². The van der Waals surface area contributed by atoms with Gasteiger partial charge in [-0.3, -0.25) is 14.9 Å². The van der Waals surface area contributed by atoms with Crippen molar-refractivity contribution in [3.8, 4) is 11.3 Å². The Kier molecular flexibility index (Phi) is 5.22. The van der Waals surface area contributed by atoms with Crippen LogP contribution < -0.4 is 10.6 Å². The van der Waals surface area contributed by atoms with Gasteiger partial charge in [0.15, 0.2) is 5.13 Å². The van der Waals surface area contributed by atoms with Crippen molar-refractivity contribution in [1.82, 2.24) is 4.98 Å². The van der Waals surface area contributed by atoms with Gasteiger partial charge in [-0.25, -0.2) is 4.98 Å². The lowest BCUT2D eigenvalue weighted by atomic mass is 10.1. The number of hydrogen-bond donors (Lipinski definition) is 2. The van der Waals surface area contributed by atoms with Crippen molar-refractivity contribution in [3.05, 3.63) is 71.8 Å². The third-order valence-electron chi connectivity index (χ3n) is 4.08. The molecular formula is C22H17N3O3S. The van der Waals surface area contributed by atoms with Crippen molar-refractivity contribution >= 4 is 51.0 Å². The molecule has 2 heterocycles. The van der Waals surface area contributed by atoms with E-state index in [1.165, 1.54) is 24.3 Å². The van der Waals surface area contributed by atoms with Crippen LogP contribution in [0.1, 0.15) is 12.7 Å². The highest BCUT2D eigenvalue weighted by atomic mass is 32.1. The number of hydrogen-bond acceptors (Lipinski definition) is 5. The van der Waals surface area contributed by atoms with E-state index in [1.807, 2.05) is 60.0 Å². The number of fused-ring (bicyclic) bond motifs is 1. The Hall–Kier alpha value is -3.71.